The maximum atomic E-state index is 14.2. The van der Waals surface area contributed by atoms with Crippen molar-refractivity contribution < 1.29 is 27.9 Å². The third kappa shape index (κ3) is 13.8. The van der Waals surface area contributed by atoms with Crippen molar-refractivity contribution in [2.75, 3.05) is 25.4 Å². The molecule has 52 heavy (non-hydrogen) atoms. The fraction of sp³-hybridized carbons (Fsp3) is 0.676. The van der Waals surface area contributed by atoms with Gasteiger partial charge in [-0.2, -0.15) is 0 Å². The number of carbonyl (C=O) groups is 3. The second-order valence-corrected chi connectivity index (χ2v) is 16.7. The van der Waals surface area contributed by atoms with Gasteiger partial charge < -0.3 is 36.7 Å². The van der Waals surface area contributed by atoms with Crippen LogP contribution in [0.15, 0.2) is 42.9 Å². The van der Waals surface area contributed by atoms with Crippen molar-refractivity contribution in [3.63, 3.8) is 0 Å². The second kappa shape index (κ2) is 20.6. The number of aliphatic hydroxyl groups is 1. The molecule has 2 fully saturated rings. The Kier molecular flexibility index (Phi) is 16.4. The highest BCUT2D eigenvalue weighted by atomic mass is 32.2. The van der Waals surface area contributed by atoms with E-state index in [9.17, 15) is 27.9 Å². The molecule has 1 aliphatic carbocycles. The summed E-state index contributed by atoms with van der Waals surface area (Å²) in [6.07, 6.45) is 10.5. The lowest BCUT2D eigenvalue weighted by Crippen LogP contribution is -2.59. The molecule has 4 amide bonds. The van der Waals surface area contributed by atoms with E-state index in [1.54, 1.807) is 18.0 Å². The van der Waals surface area contributed by atoms with Crippen LogP contribution in [0.1, 0.15) is 89.3 Å². The normalized spacial score (nSPS) is 18.9. The highest BCUT2D eigenvalue weighted by Crippen LogP contribution is 2.29. The molecule has 1 saturated heterocycles. The second-order valence-electron chi connectivity index (χ2n) is 14.8. The number of amides is 4. The minimum atomic E-state index is -3.40. The summed E-state index contributed by atoms with van der Waals surface area (Å²) in [7, 11) is -3.40. The van der Waals surface area contributed by atoms with E-state index in [1.807, 2.05) is 37.3 Å². The first-order chi connectivity index (χ1) is 24.9. The molecule has 2 aliphatic rings. The standard InChI is InChI=1S/C37H60N8O6S/c1-3-18-52(50,51)41-23-26(2)19-34(46)31(20-27-10-6-4-7-11-27)42-36(48)33(22-30-24-39-25-40-30)43-35(47)32(21-28-12-8-5-9-13-28)44-37(49)45-16-14-29(38)15-17-45/h5,8-9,12-13,24-27,29,31-34,41,46H,3-4,6-7,10-11,14-23,38H2,1-2H3,(H,39,40)(H,42,48)(H,43,47)(H,44,49)/t26-,31-,32-,33-,34-/m0/s1. The number of nitrogens with one attached hydrogen (secondary N) is 5. The Morgan fingerprint density at radius 3 is 2.31 bits per heavy atom. The minimum Gasteiger partial charge on any atom is -0.391 e. The number of benzene rings is 1. The molecule has 0 unspecified atom stereocenters. The van der Waals surface area contributed by atoms with Gasteiger partial charge >= 0.3 is 6.03 Å². The van der Waals surface area contributed by atoms with E-state index in [-0.39, 0.29) is 49.6 Å². The lowest BCUT2D eigenvalue weighted by molar-refractivity contribution is -0.131. The molecule has 2 heterocycles. The number of nitrogens with zero attached hydrogens (tertiary/aromatic N) is 2. The van der Waals surface area contributed by atoms with Crippen LogP contribution in [-0.2, 0) is 32.5 Å². The van der Waals surface area contributed by atoms with E-state index in [0.29, 0.717) is 50.4 Å². The number of H-pyrrole nitrogens is 1. The molecule has 15 heteroatoms. The van der Waals surface area contributed by atoms with Gasteiger partial charge in [-0.3, -0.25) is 9.59 Å². The average Bonchev–Trinajstić information content (AvgIpc) is 3.64. The van der Waals surface area contributed by atoms with Crippen LogP contribution in [0.25, 0.3) is 0 Å². The Morgan fingerprint density at radius 1 is 0.981 bits per heavy atom. The third-order valence-electron chi connectivity index (χ3n) is 10.2. The van der Waals surface area contributed by atoms with Gasteiger partial charge in [0.25, 0.3) is 0 Å². The molecule has 1 aromatic carbocycles. The largest absolute Gasteiger partial charge is 0.391 e. The summed E-state index contributed by atoms with van der Waals surface area (Å²) in [4.78, 5) is 50.4. The number of hydrogen-bond acceptors (Lipinski definition) is 8. The predicted octanol–water partition coefficient (Wildman–Crippen LogP) is 2.35. The van der Waals surface area contributed by atoms with Crippen molar-refractivity contribution in [2.24, 2.45) is 17.6 Å². The number of piperidine rings is 1. The summed E-state index contributed by atoms with van der Waals surface area (Å²) < 4.78 is 27.1. The Bertz CT molecular complexity index is 1480. The lowest BCUT2D eigenvalue weighted by atomic mass is 9.82. The van der Waals surface area contributed by atoms with E-state index < -0.39 is 46.1 Å². The van der Waals surface area contributed by atoms with Gasteiger partial charge in [0.2, 0.25) is 21.8 Å². The molecule has 0 bridgehead atoms. The Labute approximate surface area is 308 Å². The van der Waals surface area contributed by atoms with Crippen molar-refractivity contribution in [1.82, 2.24) is 35.5 Å². The van der Waals surface area contributed by atoms with Crippen LogP contribution in [-0.4, -0.2) is 102 Å². The smallest absolute Gasteiger partial charge is 0.318 e. The van der Waals surface area contributed by atoms with Gasteiger partial charge in [0.1, 0.15) is 12.1 Å². The van der Waals surface area contributed by atoms with Crippen molar-refractivity contribution >= 4 is 27.9 Å². The molecule has 1 saturated carbocycles. The SMILES string of the molecule is CCCS(=O)(=O)NC[C@@H](C)C[C@H](O)[C@H](CC1CCCCC1)NC(=O)[C@H](Cc1cnc[nH]1)NC(=O)[C@H](Cc1ccccc1)NC(=O)N1CCC(N)CC1. The fourth-order valence-corrected chi connectivity index (χ4v) is 8.37. The van der Waals surface area contributed by atoms with E-state index in [4.69, 9.17) is 5.73 Å². The highest BCUT2D eigenvalue weighted by molar-refractivity contribution is 7.89. The van der Waals surface area contributed by atoms with Crippen LogP contribution in [0.5, 0.6) is 0 Å². The number of rotatable bonds is 19. The molecule has 2 aromatic rings. The first-order valence-electron chi connectivity index (χ1n) is 19.0. The van der Waals surface area contributed by atoms with Crippen LogP contribution in [0.3, 0.4) is 0 Å². The van der Waals surface area contributed by atoms with E-state index >= 15 is 0 Å². The average molecular weight is 745 g/mol. The molecule has 1 aromatic heterocycles. The third-order valence-corrected chi connectivity index (χ3v) is 11.8. The van der Waals surface area contributed by atoms with Gasteiger partial charge in [0.05, 0.1) is 24.2 Å². The Morgan fingerprint density at radius 2 is 1.65 bits per heavy atom. The molecule has 14 nitrogen and oxygen atoms in total. The molecule has 290 valence electrons. The van der Waals surface area contributed by atoms with Crippen LogP contribution in [0, 0.1) is 11.8 Å². The van der Waals surface area contributed by atoms with Gasteiger partial charge in [-0.15, -0.1) is 0 Å². The van der Waals surface area contributed by atoms with Crippen molar-refractivity contribution in [2.45, 2.75) is 121 Å². The maximum Gasteiger partial charge on any atom is 0.318 e. The molecule has 4 rings (SSSR count). The van der Waals surface area contributed by atoms with Gasteiger partial charge in [-0.05, 0) is 49.5 Å². The summed E-state index contributed by atoms with van der Waals surface area (Å²) in [6, 6.07) is 6.42. The summed E-state index contributed by atoms with van der Waals surface area (Å²) >= 11 is 0. The topological polar surface area (TPSA) is 212 Å². The molecule has 5 atom stereocenters. The first kappa shape index (κ1) is 41.2. The zero-order valence-electron chi connectivity index (χ0n) is 30.8. The number of aromatic nitrogens is 2. The number of hydrogen-bond donors (Lipinski definition) is 7. The number of nitrogens with two attached hydrogens (primary N) is 1. The number of imidazole rings is 1. The number of sulfonamides is 1. The summed E-state index contributed by atoms with van der Waals surface area (Å²) in [5, 5.41) is 20.5. The van der Waals surface area contributed by atoms with Gasteiger partial charge in [-0.1, -0.05) is 76.3 Å². The minimum absolute atomic E-state index is 0.0366. The van der Waals surface area contributed by atoms with Crippen LogP contribution >= 0.6 is 0 Å². The molecular formula is C37H60N8O6S. The zero-order valence-corrected chi connectivity index (χ0v) is 31.6. The zero-order chi connectivity index (χ0) is 37.5. The number of urea groups is 1. The van der Waals surface area contributed by atoms with Crippen LogP contribution in [0.4, 0.5) is 4.79 Å². The summed E-state index contributed by atoms with van der Waals surface area (Å²) in [5.74, 6) is -0.806. The van der Waals surface area contributed by atoms with Crippen molar-refractivity contribution in [3.8, 4) is 0 Å². The van der Waals surface area contributed by atoms with Gasteiger partial charge in [0, 0.05) is 50.4 Å². The monoisotopic (exact) mass is 744 g/mol. The Hall–Kier alpha value is -3.53. The molecule has 0 spiro atoms. The first-order valence-corrected chi connectivity index (χ1v) is 20.7. The summed E-state index contributed by atoms with van der Waals surface area (Å²) in [6.45, 7) is 4.84. The van der Waals surface area contributed by atoms with Crippen molar-refractivity contribution in [1.29, 1.82) is 0 Å². The maximum absolute atomic E-state index is 14.2. The molecule has 8 N–H and O–H groups in total. The summed E-state index contributed by atoms with van der Waals surface area (Å²) in [5.41, 5.74) is 7.53. The number of aliphatic hydroxyl groups excluding tert-OH is 1. The van der Waals surface area contributed by atoms with Crippen LogP contribution in [0.2, 0.25) is 0 Å². The molecule has 0 radical (unpaired) electrons. The number of likely N-dealkylation sites (tertiary alicyclic amines) is 1. The molecule has 1 aliphatic heterocycles. The Balaban J connectivity index is 1.51. The van der Waals surface area contributed by atoms with Gasteiger partial charge in [-0.25, -0.2) is 22.9 Å². The number of carbonyl (C=O) groups excluding carboxylic acids is 3. The number of aromatic amines is 1. The fourth-order valence-electron chi connectivity index (χ4n) is 7.15. The lowest BCUT2D eigenvalue weighted by Gasteiger charge is -2.33. The molecular weight excluding hydrogens is 685 g/mol. The van der Waals surface area contributed by atoms with E-state index in [2.05, 4.69) is 30.6 Å². The highest BCUT2D eigenvalue weighted by Gasteiger charge is 2.33. The van der Waals surface area contributed by atoms with E-state index in [1.165, 1.54) is 6.33 Å². The predicted molar refractivity (Wildman–Crippen MR) is 200 cm³/mol. The quantitative estimate of drug-likeness (QED) is 0.113. The van der Waals surface area contributed by atoms with Gasteiger partial charge in [0.15, 0.2) is 0 Å². The van der Waals surface area contributed by atoms with E-state index in [0.717, 1.165) is 37.7 Å². The van der Waals surface area contributed by atoms with Crippen molar-refractivity contribution in [3.05, 3.63) is 54.1 Å². The van der Waals surface area contributed by atoms with Crippen LogP contribution < -0.4 is 26.4 Å².